The molecule has 0 aliphatic carbocycles. The third-order valence-corrected chi connectivity index (χ3v) is 5.44. The van der Waals surface area contributed by atoms with Crippen molar-refractivity contribution >= 4 is 10.2 Å². The number of furan rings is 1. The zero-order chi connectivity index (χ0) is 16.4. The van der Waals surface area contributed by atoms with Crippen LogP contribution >= 0.6 is 0 Å². The summed E-state index contributed by atoms with van der Waals surface area (Å²) in [5, 5.41) is 0. The Morgan fingerprint density at radius 1 is 1.35 bits per heavy atom. The van der Waals surface area contributed by atoms with Gasteiger partial charge in [0.25, 0.3) is 10.2 Å². The van der Waals surface area contributed by atoms with E-state index >= 15 is 0 Å². The lowest BCUT2D eigenvalue weighted by molar-refractivity contribution is 0.330. The maximum Gasteiger partial charge on any atom is 0.280 e. The van der Waals surface area contributed by atoms with Gasteiger partial charge in [-0.1, -0.05) is 0 Å². The molecule has 1 atom stereocenters. The molecule has 7 nitrogen and oxygen atoms in total. The van der Waals surface area contributed by atoms with E-state index in [1.54, 1.807) is 19.2 Å². The second kappa shape index (κ2) is 6.38. The van der Waals surface area contributed by atoms with Crippen LogP contribution in [0.3, 0.4) is 0 Å². The number of nitrogens with one attached hydrogen (secondary N) is 1. The number of hydrogen-bond donors (Lipinski definition) is 1. The van der Waals surface area contributed by atoms with Crippen molar-refractivity contribution in [1.29, 1.82) is 0 Å². The van der Waals surface area contributed by atoms with Crippen LogP contribution in [0, 0.1) is 13.8 Å². The van der Waals surface area contributed by atoms with Gasteiger partial charge in [0.05, 0.1) is 18.3 Å². The smallest absolute Gasteiger partial charge is 0.280 e. The van der Waals surface area contributed by atoms with Gasteiger partial charge in [0.15, 0.2) is 0 Å². The van der Waals surface area contributed by atoms with Crippen molar-refractivity contribution in [1.82, 2.24) is 19.0 Å². The summed E-state index contributed by atoms with van der Waals surface area (Å²) in [6, 6.07) is 5.16. The molecule has 0 amide bonds. The molecule has 1 aliphatic heterocycles. The van der Waals surface area contributed by atoms with Crippen LogP contribution in [0.4, 0.5) is 0 Å². The van der Waals surface area contributed by atoms with Crippen LogP contribution in [-0.2, 0) is 16.8 Å². The Bertz CT molecular complexity index is 788. The normalized spacial score (nSPS) is 19.3. The monoisotopic (exact) mass is 336 g/mol. The molecule has 1 N–H and O–H groups in total. The molecule has 1 aliphatic rings. The molecule has 2 aromatic rings. The van der Waals surface area contributed by atoms with Crippen molar-refractivity contribution < 1.29 is 12.8 Å². The Labute approximate surface area is 135 Å². The minimum absolute atomic E-state index is 0.145. The van der Waals surface area contributed by atoms with E-state index in [9.17, 15) is 8.42 Å². The first kappa shape index (κ1) is 16.1. The van der Waals surface area contributed by atoms with Crippen LogP contribution in [0.5, 0.6) is 0 Å². The fourth-order valence-electron chi connectivity index (χ4n) is 2.80. The summed E-state index contributed by atoms with van der Waals surface area (Å²) in [6.07, 6.45) is 3.20. The second-order valence-corrected chi connectivity index (χ2v) is 7.35. The standard InChI is InChI=1S/C15H20N4O3S/c1-11-5-6-15(22-11)14-4-3-9-19(14)23(20,21)17-10-13-7-8-16-12(2)18-13/h5-8,14,17H,3-4,9-10H2,1-2H3/t14-/m0/s1. The molecule has 0 radical (unpaired) electrons. The van der Waals surface area contributed by atoms with Gasteiger partial charge in [-0.2, -0.15) is 17.4 Å². The number of nitrogens with zero attached hydrogens (tertiary/aromatic N) is 3. The molecule has 0 saturated carbocycles. The van der Waals surface area contributed by atoms with Crippen LogP contribution in [0.2, 0.25) is 0 Å². The topological polar surface area (TPSA) is 88.3 Å². The predicted molar refractivity (Wildman–Crippen MR) is 84.7 cm³/mol. The number of rotatable bonds is 5. The highest BCUT2D eigenvalue weighted by molar-refractivity contribution is 7.87. The summed E-state index contributed by atoms with van der Waals surface area (Å²) in [4.78, 5) is 8.21. The highest BCUT2D eigenvalue weighted by atomic mass is 32.2. The molecule has 0 aromatic carbocycles. The highest BCUT2D eigenvalue weighted by Gasteiger charge is 2.36. The van der Waals surface area contributed by atoms with E-state index in [0.717, 1.165) is 18.6 Å². The van der Waals surface area contributed by atoms with Crippen molar-refractivity contribution in [3.8, 4) is 0 Å². The summed E-state index contributed by atoms with van der Waals surface area (Å²) in [6.45, 7) is 4.26. The largest absolute Gasteiger partial charge is 0.465 e. The summed E-state index contributed by atoms with van der Waals surface area (Å²) in [7, 11) is -3.60. The molecule has 23 heavy (non-hydrogen) atoms. The maximum absolute atomic E-state index is 12.6. The molecular formula is C15H20N4O3S. The van der Waals surface area contributed by atoms with Crippen molar-refractivity contribution in [2.75, 3.05) is 6.54 Å². The molecule has 0 spiro atoms. The van der Waals surface area contributed by atoms with Crippen LogP contribution in [0.1, 0.15) is 41.9 Å². The molecule has 3 rings (SSSR count). The lowest BCUT2D eigenvalue weighted by atomic mass is 10.2. The van der Waals surface area contributed by atoms with Gasteiger partial charge in [-0.3, -0.25) is 0 Å². The third kappa shape index (κ3) is 3.60. The van der Waals surface area contributed by atoms with E-state index in [0.29, 0.717) is 23.8 Å². The fourth-order valence-corrected chi connectivity index (χ4v) is 4.21. The SMILES string of the molecule is Cc1nccc(CNS(=O)(=O)N2CCC[C@H]2c2ccc(C)o2)n1. The van der Waals surface area contributed by atoms with Gasteiger partial charge in [-0.25, -0.2) is 9.97 Å². The van der Waals surface area contributed by atoms with E-state index in [-0.39, 0.29) is 12.6 Å². The van der Waals surface area contributed by atoms with Gasteiger partial charge in [0.1, 0.15) is 17.3 Å². The van der Waals surface area contributed by atoms with Crippen molar-refractivity contribution in [2.24, 2.45) is 0 Å². The van der Waals surface area contributed by atoms with Crippen LogP contribution in [-0.4, -0.2) is 29.2 Å². The minimum atomic E-state index is -3.60. The minimum Gasteiger partial charge on any atom is -0.465 e. The first-order chi connectivity index (χ1) is 11.0. The van der Waals surface area contributed by atoms with Crippen LogP contribution in [0.25, 0.3) is 0 Å². The molecular weight excluding hydrogens is 316 g/mol. The number of hydrogen-bond acceptors (Lipinski definition) is 5. The quantitative estimate of drug-likeness (QED) is 0.900. The van der Waals surface area contributed by atoms with Gasteiger partial charge in [0.2, 0.25) is 0 Å². The van der Waals surface area contributed by atoms with E-state index < -0.39 is 10.2 Å². The van der Waals surface area contributed by atoms with Gasteiger partial charge in [-0.15, -0.1) is 0 Å². The molecule has 1 saturated heterocycles. The summed E-state index contributed by atoms with van der Waals surface area (Å²) < 4.78 is 34.9. The maximum atomic E-state index is 12.6. The summed E-state index contributed by atoms with van der Waals surface area (Å²) >= 11 is 0. The Kier molecular flexibility index (Phi) is 4.47. The fraction of sp³-hybridized carbons (Fsp3) is 0.467. The molecule has 2 aromatic heterocycles. The highest BCUT2D eigenvalue weighted by Crippen LogP contribution is 2.34. The lowest BCUT2D eigenvalue weighted by Crippen LogP contribution is -2.40. The number of aryl methyl sites for hydroxylation is 2. The van der Waals surface area contributed by atoms with E-state index in [2.05, 4.69) is 14.7 Å². The third-order valence-electron chi connectivity index (χ3n) is 3.87. The van der Waals surface area contributed by atoms with Crippen molar-refractivity contribution in [2.45, 2.75) is 39.3 Å². The first-order valence-corrected chi connectivity index (χ1v) is 9.01. The summed E-state index contributed by atoms with van der Waals surface area (Å²) in [5.41, 5.74) is 0.644. The average Bonchev–Trinajstić information content (AvgIpc) is 3.14. The first-order valence-electron chi connectivity index (χ1n) is 7.57. The Morgan fingerprint density at radius 3 is 2.87 bits per heavy atom. The van der Waals surface area contributed by atoms with Gasteiger partial charge in [-0.05, 0) is 44.9 Å². The van der Waals surface area contributed by atoms with Gasteiger partial charge >= 0.3 is 0 Å². The van der Waals surface area contributed by atoms with Crippen molar-refractivity contribution in [3.63, 3.8) is 0 Å². The average molecular weight is 336 g/mol. The van der Waals surface area contributed by atoms with E-state index in [1.165, 1.54) is 4.31 Å². The zero-order valence-electron chi connectivity index (χ0n) is 13.2. The predicted octanol–water partition coefficient (Wildman–Crippen LogP) is 1.86. The number of aromatic nitrogens is 2. The Balaban J connectivity index is 1.73. The van der Waals surface area contributed by atoms with Crippen LogP contribution in [0.15, 0.2) is 28.8 Å². The van der Waals surface area contributed by atoms with Crippen molar-refractivity contribution in [3.05, 3.63) is 47.4 Å². The molecule has 3 heterocycles. The van der Waals surface area contributed by atoms with E-state index in [4.69, 9.17) is 4.42 Å². The molecule has 0 unspecified atom stereocenters. The second-order valence-electron chi connectivity index (χ2n) is 5.64. The van der Waals surface area contributed by atoms with E-state index in [1.807, 2.05) is 19.1 Å². The van der Waals surface area contributed by atoms with Gasteiger partial charge < -0.3 is 4.42 Å². The summed E-state index contributed by atoms with van der Waals surface area (Å²) in [5.74, 6) is 2.10. The molecule has 124 valence electrons. The molecule has 0 bridgehead atoms. The van der Waals surface area contributed by atoms with Crippen LogP contribution < -0.4 is 4.72 Å². The Hall–Kier alpha value is -1.77. The molecule has 1 fully saturated rings. The Morgan fingerprint density at radius 2 is 2.17 bits per heavy atom. The van der Waals surface area contributed by atoms with Gasteiger partial charge in [0, 0.05) is 12.7 Å². The zero-order valence-corrected chi connectivity index (χ0v) is 14.0. The molecule has 8 heteroatoms. The lowest BCUT2D eigenvalue weighted by Gasteiger charge is -2.22.